The van der Waals surface area contributed by atoms with Gasteiger partial charge in [-0.15, -0.1) is 23.2 Å². The Morgan fingerprint density at radius 1 is 1.05 bits per heavy atom. The molecule has 0 saturated heterocycles. The maximum atomic E-state index is 5.52. The molecule has 0 fully saturated rings. The van der Waals surface area contributed by atoms with Gasteiger partial charge in [-0.3, -0.25) is 0 Å². The Bertz CT molecular complexity index is 706. The highest BCUT2D eigenvalue weighted by Gasteiger charge is 2.09. The Morgan fingerprint density at radius 2 is 1.85 bits per heavy atom. The molecular formula is C13H10Cl2N4S. The second-order valence-electron chi connectivity index (χ2n) is 3.49. The van der Waals surface area contributed by atoms with Gasteiger partial charge in [0, 0.05) is 0 Å². The second kappa shape index (κ2) is 8.01. The minimum atomic E-state index is 0.321. The van der Waals surface area contributed by atoms with Crippen LogP contribution in [0.4, 0.5) is 0 Å². The number of rotatable bonds is 3. The van der Waals surface area contributed by atoms with Gasteiger partial charge >= 0.3 is 0 Å². The molecule has 7 heteroatoms. The van der Waals surface area contributed by atoms with Crippen molar-refractivity contribution in [1.82, 2.24) is 19.5 Å². The number of hydrogen-bond donors (Lipinski definition) is 0. The highest BCUT2D eigenvalue weighted by molar-refractivity contribution is 7.99. The van der Waals surface area contributed by atoms with Crippen molar-refractivity contribution in [3.63, 3.8) is 0 Å². The average molecular weight is 325 g/mol. The number of imidazole rings is 1. The Kier molecular flexibility index (Phi) is 6.01. The van der Waals surface area contributed by atoms with Crippen molar-refractivity contribution in [1.29, 1.82) is 0 Å². The lowest BCUT2D eigenvalue weighted by Crippen LogP contribution is -1.96. The van der Waals surface area contributed by atoms with Gasteiger partial charge in [-0.25, -0.2) is 15.0 Å². The van der Waals surface area contributed by atoms with Gasteiger partial charge in [0.25, 0.3) is 0 Å². The quantitative estimate of drug-likeness (QED) is 0.376. The number of alkyl halides is 2. The average Bonchev–Trinajstić information content (AvgIpc) is 2.88. The summed E-state index contributed by atoms with van der Waals surface area (Å²) < 4.78 is 1.87. The molecule has 2 aromatic heterocycles. The third-order valence-corrected chi connectivity index (χ3v) is 3.41. The van der Waals surface area contributed by atoms with E-state index < -0.39 is 0 Å². The Hall–Kier alpha value is -1.40. The zero-order chi connectivity index (χ0) is 14.2. The molecule has 20 heavy (non-hydrogen) atoms. The van der Waals surface area contributed by atoms with E-state index in [0.29, 0.717) is 24.1 Å². The molecule has 2 rings (SSSR count). The molecule has 2 aromatic rings. The fraction of sp³-hybridized carbons (Fsp3) is 0.308. The van der Waals surface area contributed by atoms with Crippen LogP contribution in [0.3, 0.4) is 0 Å². The van der Waals surface area contributed by atoms with Crippen LogP contribution in [-0.2, 0) is 6.54 Å². The lowest BCUT2D eigenvalue weighted by atomic mass is 10.5. The van der Waals surface area contributed by atoms with Gasteiger partial charge in [0.2, 0.25) is 0 Å². The van der Waals surface area contributed by atoms with E-state index in [-0.39, 0.29) is 0 Å². The summed E-state index contributed by atoms with van der Waals surface area (Å²) in [5.41, 5.74) is 1.52. The van der Waals surface area contributed by atoms with E-state index in [1.165, 1.54) is 18.1 Å². The lowest BCUT2D eigenvalue weighted by molar-refractivity contribution is 0.854. The van der Waals surface area contributed by atoms with Gasteiger partial charge in [-0.1, -0.05) is 35.4 Å². The summed E-state index contributed by atoms with van der Waals surface area (Å²) in [6, 6.07) is 0. The number of fused-ring (bicyclic) bond motifs is 1. The highest BCUT2D eigenvalue weighted by Crippen LogP contribution is 2.22. The van der Waals surface area contributed by atoms with Crippen molar-refractivity contribution in [3.8, 4) is 23.7 Å². The molecule has 2 heterocycles. The van der Waals surface area contributed by atoms with Crippen molar-refractivity contribution in [2.24, 2.45) is 0 Å². The van der Waals surface area contributed by atoms with Crippen LogP contribution in [0, 0.1) is 23.7 Å². The smallest absolute Gasteiger partial charge is 0.165 e. The van der Waals surface area contributed by atoms with E-state index in [2.05, 4.69) is 38.6 Å². The largest absolute Gasteiger partial charge is 0.303 e. The maximum absolute atomic E-state index is 5.52. The predicted octanol–water partition coefficient (Wildman–Crippen LogP) is 2.40. The molecule has 0 unspecified atom stereocenters. The lowest BCUT2D eigenvalue weighted by Gasteiger charge is -1.99. The number of thioether (sulfide) groups is 1. The van der Waals surface area contributed by atoms with Gasteiger partial charge in [0.15, 0.2) is 5.65 Å². The van der Waals surface area contributed by atoms with Crippen LogP contribution in [0.2, 0.25) is 0 Å². The van der Waals surface area contributed by atoms with E-state index in [0.717, 1.165) is 16.2 Å². The minimum absolute atomic E-state index is 0.321. The summed E-state index contributed by atoms with van der Waals surface area (Å²) in [5, 5.41) is 0.808. The molecule has 0 amide bonds. The third kappa shape index (κ3) is 3.80. The van der Waals surface area contributed by atoms with Crippen LogP contribution in [0.5, 0.6) is 0 Å². The molecule has 0 atom stereocenters. The molecule has 0 saturated carbocycles. The van der Waals surface area contributed by atoms with Crippen LogP contribution < -0.4 is 0 Å². The monoisotopic (exact) mass is 324 g/mol. The molecule has 0 aliphatic rings. The summed E-state index contributed by atoms with van der Waals surface area (Å²) in [6.45, 7) is 0.510. The van der Waals surface area contributed by atoms with Gasteiger partial charge in [0.1, 0.15) is 16.9 Å². The van der Waals surface area contributed by atoms with Crippen molar-refractivity contribution in [2.45, 2.75) is 11.6 Å². The Labute approximate surface area is 131 Å². The van der Waals surface area contributed by atoms with Crippen molar-refractivity contribution >= 4 is 46.1 Å². The predicted molar refractivity (Wildman–Crippen MR) is 83.0 cm³/mol. The van der Waals surface area contributed by atoms with E-state index >= 15 is 0 Å². The maximum Gasteiger partial charge on any atom is 0.165 e. The summed E-state index contributed by atoms with van der Waals surface area (Å²) in [4.78, 5) is 12.8. The first-order valence-electron chi connectivity index (χ1n) is 5.68. The molecule has 0 aliphatic carbocycles. The van der Waals surface area contributed by atoms with Crippen molar-refractivity contribution in [2.75, 3.05) is 17.5 Å². The standard InChI is InChI=1S/C13H10Cl2N4S/c14-5-1-3-7-19-10-18-11-12(19)16-9-17-13(11)20-8-4-2-6-15/h9-10H,5-8H2. The second-order valence-corrected chi connectivity index (χ2v) is 4.99. The third-order valence-electron chi connectivity index (χ3n) is 2.28. The molecule has 4 nitrogen and oxygen atoms in total. The molecule has 0 spiro atoms. The summed E-state index contributed by atoms with van der Waals surface area (Å²) in [7, 11) is 0. The summed E-state index contributed by atoms with van der Waals surface area (Å²) >= 11 is 12.5. The first-order valence-corrected chi connectivity index (χ1v) is 7.74. The Balaban J connectivity index is 2.20. The van der Waals surface area contributed by atoms with E-state index in [1.807, 2.05) is 4.57 Å². The van der Waals surface area contributed by atoms with Crippen LogP contribution in [0.25, 0.3) is 11.2 Å². The molecule has 0 aliphatic heterocycles. The fourth-order valence-corrected chi connectivity index (χ4v) is 2.37. The normalized spacial score (nSPS) is 9.70. The van der Waals surface area contributed by atoms with Gasteiger partial charge in [0.05, 0.1) is 30.4 Å². The summed E-state index contributed by atoms with van der Waals surface area (Å²) in [5.74, 6) is 12.8. The molecule has 0 bridgehead atoms. The van der Waals surface area contributed by atoms with Crippen LogP contribution >= 0.6 is 35.0 Å². The van der Waals surface area contributed by atoms with E-state index in [9.17, 15) is 0 Å². The minimum Gasteiger partial charge on any atom is -0.303 e. The topological polar surface area (TPSA) is 43.6 Å². The number of halogens is 2. The van der Waals surface area contributed by atoms with Crippen LogP contribution in [0.15, 0.2) is 17.7 Å². The Morgan fingerprint density at radius 3 is 2.65 bits per heavy atom. The van der Waals surface area contributed by atoms with Crippen molar-refractivity contribution < 1.29 is 0 Å². The van der Waals surface area contributed by atoms with Gasteiger partial charge in [-0.2, -0.15) is 0 Å². The molecule has 0 radical (unpaired) electrons. The molecule has 0 N–H and O–H groups in total. The number of aromatic nitrogens is 4. The highest BCUT2D eigenvalue weighted by atomic mass is 35.5. The van der Waals surface area contributed by atoms with E-state index in [1.54, 1.807) is 6.33 Å². The van der Waals surface area contributed by atoms with Crippen LogP contribution in [0.1, 0.15) is 0 Å². The zero-order valence-corrected chi connectivity index (χ0v) is 12.8. The number of nitrogens with zero attached hydrogens (tertiary/aromatic N) is 4. The zero-order valence-electron chi connectivity index (χ0n) is 10.4. The van der Waals surface area contributed by atoms with Crippen molar-refractivity contribution in [3.05, 3.63) is 12.7 Å². The summed E-state index contributed by atoms with van der Waals surface area (Å²) in [6.07, 6.45) is 3.23. The van der Waals surface area contributed by atoms with Gasteiger partial charge < -0.3 is 4.57 Å². The molecule has 102 valence electrons. The van der Waals surface area contributed by atoms with Gasteiger partial charge in [-0.05, 0) is 0 Å². The first kappa shape index (κ1) is 15.0. The molecular weight excluding hydrogens is 315 g/mol. The van der Waals surface area contributed by atoms with E-state index in [4.69, 9.17) is 23.2 Å². The SMILES string of the molecule is ClCC#CCSc1ncnc2c1ncn2CC#CCCl. The number of hydrogen-bond acceptors (Lipinski definition) is 4. The molecule has 0 aromatic carbocycles. The van der Waals surface area contributed by atoms with Crippen LogP contribution in [-0.4, -0.2) is 37.0 Å². The fourth-order valence-electron chi connectivity index (χ4n) is 1.47. The first-order chi connectivity index (χ1) is 9.86.